The maximum atomic E-state index is 12.7. The Balaban J connectivity index is 2.09. The molecule has 9 N–H and O–H groups in total. The second-order valence-electron chi connectivity index (χ2n) is 9.08. The van der Waals surface area contributed by atoms with Gasteiger partial charge in [-0.3, -0.25) is 59.8 Å². The van der Waals surface area contributed by atoms with Gasteiger partial charge in [-0.15, -0.1) is 10.2 Å². The van der Waals surface area contributed by atoms with Gasteiger partial charge in [0, 0.05) is 58.9 Å². The number of hydrazine groups is 2. The molecule has 0 aromatic carbocycles. The van der Waals surface area contributed by atoms with Crippen molar-refractivity contribution in [3.05, 3.63) is 11.4 Å². The molecule has 20 heteroatoms. The summed E-state index contributed by atoms with van der Waals surface area (Å²) >= 11 is 0. The monoisotopic (exact) mass is 587 g/mol. The van der Waals surface area contributed by atoms with Gasteiger partial charge in [-0.05, 0) is 0 Å². The summed E-state index contributed by atoms with van der Waals surface area (Å²) in [6.45, 7) is 1.89. The molecule has 0 atom stereocenters. The number of hydrogen-bond acceptors (Lipinski definition) is 15. The van der Waals surface area contributed by atoms with Gasteiger partial charge in [0.25, 0.3) is 17.7 Å². The van der Waals surface area contributed by atoms with Crippen molar-refractivity contribution in [2.75, 3.05) is 85.6 Å². The zero-order valence-electron chi connectivity index (χ0n) is 22.6. The van der Waals surface area contributed by atoms with Crippen LogP contribution in [0, 0.1) is 0 Å². The van der Waals surface area contributed by atoms with Crippen LogP contribution in [-0.2, 0) is 19.1 Å². The van der Waals surface area contributed by atoms with Gasteiger partial charge in [-0.1, -0.05) is 0 Å². The number of amides is 3. The number of H-pyrrole nitrogens is 1. The number of nitrogens with one attached hydrogen (secondary N) is 4. The molecule has 0 bridgehead atoms. The number of esters is 1. The Morgan fingerprint density at radius 3 is 1.80 bits per heavy atom. The molecule has 2 heterocycles. The Labute approximate surface area is 234 Å². The third-order valence-corrected chi connectivity index (χ3v) is 6.08. The summed E-state index contributed by atoms with van der Waals surface area (Å²) in [5, 5.41) is 37.6. The lowest BCUT2D eigenvalue weighted by molar-refractivity contribution is -0.142. The summed E-state index contributed by atoms with van der Waals surface area (Å²) in [4.78, 5) is 67.0. The number of aromatic nitrogens is 3. The predicted octanol–water partition coefficient (Wildman–Crippen LogP) is -6.04. The molecule has 0 aliphatic carbocycles. The number of β-amino-alcohol motifs (C(OH)–C–C–N with tert-alkyl or cyclic N) is 2. The van der Waals surface area contributed by atoms with Crippen molar-refractivity contribution in [1.82, 2.24) is 51.3 Å². The molecule has 0 saturated carbocycles. The number of nitrogens with zero attached hydrogens (tertiary/aromatic N) is 6. The van der Waals surface area contributed by atoms with E-state index in [9.17, 15) is 39.3 Å². The molecule has 1 fully saturated rings. The number of methoxy groups -OCH3 is 1. The second-order valence-corrected chi connectivity index (χ2v) is 9.08. The summed E-state index contributed by atoms with van der Waals surface area (Å²) in [7, 11) is 1.26. The van der Waals surface area contributed by atoms with Gasteiger partial charge in [0.05, 0.1) is 26.7 Å². The van der Waals surface area contributed by atoms with E-state index in [4.69, 9.17) is 10.6 Å². The number of aliphatic carboxylic acids is 1. The van der Waals surface area contributed by atoms with Crippen LogP contribution in [0.2, 0.25) is 0 Å². The number of aliphatic hydroxyl groups is 2. The fraction of sp³-hybridized carbons (Fsp3) is 0.667. The Morgan fingerprint density at radius 1 is 0.829 bits per heavy atom. The third kappa shape index (κ3) is 12.1. The molecule has 2 rings (SSSR count). The van der Waals surface area contributed by atoms with Gasteiger partial charge >= 0.3 is 11.9 Å². The minimum Gasteiger partial charge on any atom is -0.480 e. The van der Waals surface area contributed by atoms with Crippen LogP contribution < -0.4 is 22.1 Å². The molecular weight excluding hydrogens is 550 g/mol. The predicted molar refractivity (Wildman–Crippen MR) is 137 cm³/mol. The number of nitrogens with two attached hydrogens (primary N) is 1. The summed E-state index contributed by atoms with van der Waals surface area (Å²) in [5.41, 5.74) is 5.44. The van der Waals surface area contributed by atoms with Gasteiger partial charge in [0.2, 0.25) is 0 Å². The molecule has 20 nitrogen and oxygen atoms in total. The van der Waals surface area contributed by atoms with E-state index in [1.807, 2.05) is 5.43 Å². The van der Waals surface area contributed by atoms with E-state index in [0.717, 1.165) is 0 Å². The lowest BCUT2D eigenvalue weighted by Gasteiger charge is -2.33. The first-order valence-corrected chi connectivity index (χ1v) is 12.6. The van der Waals surface area contributed by atoms with Gasteiger partial charge in [0.1, 0.15) is 0 Å². The van der Waals surface area contributed by atoms with Crippen molar-refractivity contribution >= 4 is 29.7 Å². The number of carboxylic acid groups (broad SMARTS) is 1. The number of nitrogen functional groups attached to an aromatic ring is 1. The van der Waals surface area contributed by atoms with Crippen LogP contribution in [0.3, 0.4) is 0 Å². The molecule has 1 aliphatic heterocycles. The highest BCUT2D eigenvalue weighted by Crippen LogP contribution is 2.03. The molecule has 1 aliphatic rings. The molecule has 0 radical (unpaired) electrons. The zero-order chi connectivity index (χ0) is 30.4. The number of rotatable bonds is 10. The van der Waals surface area contributed by atoms with Crippen LogP contribution >= 0.6 is 0 Å². The van der Waals surface area contributed by atoms with Crippen LogP contribution in [-0.4, -0.2) is 172 Å². The van der Waals surface area contributed by atoms with E-state index in [2.05, 4.69) is 26.3 Å². The fourth-order valence-corrected chi connectivity index (χ4v) is 3.95. The topological polar surface area (TPSA) is 272 Å². The lowest BCUT2D eigenvalue weighted by atomic mass is 10.3. The van der Waals surface area contributed by atoms with Crippen molar-refractivity contribution in [1.29, 1.82) is 0 Å². The maximum absolute atomic E-state index is 12.7. The molecule has 1 aromatic rings. The van der Waals surface area contributed by atoms with E-state index in [1.165, 1.54) is 7.11 Å². The number of carbonyl (C=O) groups excluding carboxylic acids is 4. The quantitative estimate of drug-likeness (QED) is 0.0416. The highest BCUT2D eigenvalue weighted by atomic mass is 16.5. The fourth-order valence-electron chi connectivity index (χ4n) is 3.95. The van der Waals surface area contributed by atoms with Gasteiger partial charge < -0.3 is 20.1 Å². The molecule has 3 amide bonds. The van der Waals surface area contributed by atoms with Crippen LogP contribution in [0.1, 0.15) is 21.0 Å². The van der Waals surface area contributed by atoms with Gasteiger partial charge in [0.15, 0.2) is 17.7 Å². The molecule has 230 valence electrons. The summed E-state index contributed by atoms with van der Waals surface area (Å²) < 4.78 is 4.77. The highest BCUT2D eigenvalue weighted by molar-refractivity contribution is 6.04. The number of hydrogen-bond donors (Lipinski definition) is 8. The number of ether oxygens (including phenoxy) is 1. The van der Waals surface area contributed by atoms with E-state index < -0.39 is 41.6 Å². The van der Waals surface area contributed by atoms with Crippen molar-refractivity contribution in [3.63, 3.8) is 0 Å². The molecular formula is C21H37N11O9. The van der Waals surface area contributed by atoms with Crippen molar-refractivity contribution in [3.8, 4) is 0 Å². The number of carboxylic acids is 1. The minimum atomic E-state index is -1.62. The Hall–Kier alpha value is -3.79. The summed E-state index contributed by atoms with van der Waals surface area (Å²) in [6.07, 6.45) is -1.62. The Bertz CT molecular complexity index is 1040. The van der Waals surface area contributed by atoms with Crippen LogP contribution in [0.25, 0.3) is 0 Å². The van der Waals surface area contributed by atoms with Crippen LogP contribution in [0.5, 0.6) is 0 Å². The first kappa shape index (κ1) is 33.4. The van der Waals surface area contributed by atoms with Crippen LogP contribution in [0.15, 0.2) is 0 Å². The zero-order valence-corrected chi connectivity index (χ0v) is 22.6. The second kappa shape index (κ2) is 17.1. The van der Waals surface area contributed by atoms with E-state index in [1.54, 1.807) is 19.6 Å². The minimum absolute atomic E-state index is 0.0489. The van der Waals surface area contributed by atoms with Gasteiger partial charge in [-0.2, -0.15) is 5.21 Å². The number of carbonyl (C=O) groups is 5. The summed E-state index contributed by atoms with van der Waals surface area (Å²) in [6, 6.07) is 0. The maximum Gasteiger partial charge on any atom is 0.319 e. The highest BCUT2D eigenvalue weighted by Gasteiger charge is 2.24. The largest absolute Gasteiger partial charge is 0.480 e. The number of aromatic amines is 1. The summed E-state index contributed by atoms with van der Waals surface area (Å²) in [5.74, 6) is 1.16. The molecule has 1 aromatic heterocycles. The SMILES string of the molecule is COC(=O)CN1CCN(CC(=O)O)CCN(CC(O)O)CCN(CC(=O)NNC(=O)c2n[nH]nc2C(=O)NN)CC1. The van der Waals surface area contributed by atoms with E-state index >= 15 is 0 Å². The Morgan fingerprint density at radius 2 is 1.32 bits per heavy atom. The standard InChI is InChI=1S/C21H37N11O9/c1-41-17(38)13-32-8-3-29(2-4-30(11-15(34)35)5-6-31(7-9-32)12-16(36)37)10-14(33)24-27-21(40)19-18(20(39)23-22)25-28-26-19/h15,34-35H,2-13,22H2,1H3,(H,23,39)(H,24,33)(H,27,40)(H,36,37)(H,25,26,28). The molecule has 1 saturated heterocycles. The number of aliphatic hydroxyl groups excluding tert-OH is 1. The normalized spacial score (nSPS) is 16.8. The van der Waals surface area contributed by atoms with Gasteiger partial charge in [-0.25, -0.2) is 5.84 Å². The average molecular weight is 588 g/mol. The van der Waals surface area contributed by atoms with E-state index in [-0.39, 0.29) is 45.0 Å². The average Bonchev–Trinajstić information content (AvgIpc) is 3.42. The van der Waals surface area contributed by atoms with Crippen molar-refractivity contribution in [2.45, 2.75) is 6.29 Å². The van der Waals surface area contributed by atoms with E-state index in [0.29, 0.717) is 39.3 Å². The molecule has 41 heavy (non-hydrogen) atoms. The third-order valence-electron chi connectivity index (χ3n) is 6.08. The smallest absolute Gasteiger partial charge is 0.319 e. The molecule has 0 unspecified atom stereocenters. The molecule has 0 spiro atoms. The van der Waals surface area contributed by atoms with Crippen molar-refractivity contribution < 1.29 is 44.0 Å². The van der Waals surface area contributed by atoms with Crippen LogP contribution in [0.4, 0.5) is 0 Å². The Kier molecular flexibility index (Phi) is 14.0. The van der Waals surface area contributed by atoms with Crippen molar-refractivity contribution in [2.24, 2.45) is 5.84 Å². The first-order valence-electron chi connectivity index (χ1n) is 12.6. The lowest BCUT2D eigenvalue weighted by Crippen LogP contribution is -2.51. The first-order chi connectivity index (χ1) is 19.5.